The number of halogens is 1. The van der Waals surface area contributed by atoms with Crippen molar-refractivity contribution in [3.05, 3.63) is 53.1 Å². The lowest BCUT2D eigenvalue weighted by Gasteiger charge is -2.36. The normalized spacial score (nSPS) is 12.6. The first kappa shape index (κ1) is 18.6. The Morgan fingerprint density at radius 1 is 1.04 bits per heavy atom. The van der Waals surface area contributed by atoms with Gasteiger partial charge >= 0.3 is 0 Å². The molecule has 0 saturated heterocycles. The zero-order chi connectivity index (χ0) is 18.0. The summed E-state index contributed by atoms with van der Waals surface area (Å²) in [5.74, 6) is 0.903. The number of benzene rings is 2. The van der Waals surface area contributed by atoms with Crippen molar-refractivity contribution in [2.24, 2.45) is 5.16 Å². The molecule has 128 valence electrons. The second kappa shape index (κ2) is 6.99. The molecule has 2 rings (SSSR count). The van der Waals surface area contributed by atoms with E-state index in [-0.39, 0.29) is 5.04 Å². The van der Waals surface area contributed by atoms with Crippen LogP contribution in [-0.2, 0) is 0 Å². The number of hydrogen-bond donors (Lipinski definition) is 1. The molecule has 0 fully saturated rings. The molecule has 0 aliphatic carbocycles. The summed E-state index contributed by atoms with van der Waals surface area (Å²) >= 11 is 6.21. The molecule has 1 N–H and O–H groups in total. The molecule has 0 atom stereocenters. The van der Waals surface area contributed by atoms with Crippen LogP contribution in [0, 0.1) is 0 Å². The Morgan fingerprint density at radius 2 is 1.62 bits per heavy atom. The highest BCUT2D eigenvalue weighted by Crippen LogP contribution is 2.37. The summed E-state index contributed by atoms with van der Waals surface area (Å²) in [6, 6.07) is 13.7. The zero-order valence-corrected chi connectivity index (χ0v) is 16.6. The Morgan fingerprint density at radius 3 is 2.12 bits per heavy atom. The van der Waals surface area contributed by atoms with Crippen LogP contribution in [0.15, 0.2) is 47.6 Å². The van der Waals surface area contributed by atoms with Crippen molar-refractivity contribution in [2.45, 2.75) is 38.9 Å². The SMILES string of the molecule is CC(C)(C)[Si](C)(C)Oc1ccc(-c2ccc(/C=N/O)c(Cl)c2)cc1. The van der Waals surface area contributed by atoms with E-state index >= 15 is 0 Å². The van der Waals surface area contributed by atoms with Gasteiger partial charge in [-0.2, -0.15) is 0 Å². The average Bonchev–Trinajstić information content (AvgIpc) is 2.49. The standard InChI is InChI=1S/C19H24ClNO2Si/c1-19(2,3)24(4,5)23-17-10-8-14(9-11-17)15-6-7-16(13-21-22)18(20)12-15/h6-13,22H,1-5H3/b21-13+. The molecule has 0 unspecified atom stereocenters. The molecule has 0 amide bonds. The Balaban J connectivity index is 2.22. The lowest BCUT2D eigenvalue weighted by Crippen LogP contribution is -2.43. The Kier molecular flexibility index (Phi) is 5.41. The molecule has 0 aliphatic heterocycles. The predicted molar refractivity (Wildman–Crippen MR) is 104 cm³/mol. The molecular formula is C19H24ClNO2Si. The van der Waals surface area contributed by atoms with Crippen molar-refractivity contribution in [1.29, 1.82) is 0 Å². The van der Waals surface area contributed by atoms with Gasteiger partial charge in [-0.05, 0) is 47.5 Å². The summed E-state index contributed by atoms with van der Waals surface area (Å²) in [6.07, 6.45) is 1.32. The van der Waals surface area contributed by atoms with Gasteiger partial charge in [0.2, 0.25) is 8.32 Å². The van der Waals surface area contributed by atoms with E-state index in [1.165, 1.54) is 6.21 Å². The number of hydrogen-bond acceptors (Lipinski definition) is 3. The van der Waals surface area contributed by atoms with Gasteiger partial charge in [0.15, 0.2) is 0 Å². The number of nitrogens with zero attached hydrogens (tertiary/aromatic N) is 1. The molecule has 5 heteroatoms. The van der Waals surface area contributed by atoms with Gasteiger partial charge in [-0.15, -0.1) is 0 Å². The van der Waals surface area contributed by atoms with Crippen molar-refractivity contribution in [3.63, 3.8) is 0 Å². The van der Waals surface area contributed by atoms with E-state index in [9.17, 15) is 0 Å². The molecule has 0 bridgehead atoms. The van der Waals surface area contributed by atoms with Gasteiger partial charge in [0.05, 0.1) is 11.2 Å². The molecule has 2 aromatic carbocycles. The minimum Gasteiger partial charge on any atom is -0.544 e. The summed E-state index contributed by atoms with van der Waals surface area (Å²) in [5.41, 5.74) is 2.75. The van der Waals surface area contributed by atoms with Crippen LogP contribution in [0.4, 0.5) is 0 Å². The Bertz CT molecular complexity index is 734. The summed E-state index contributed by atoms with van der Waals surface area (Å²) in [5, 5.41) is 12.3. The fourth-order valence-corrected chi connectivity index (χ4v) is 3.30. The van der Waals surface area contributed by atoms with Crippen LogP contribution in [0.1, 0.15) is 26.3 Å². The van der Waals surface area contributed by atoms with Crippen LogP contribution in [0.2, 0.25) is 23.2 Å². The molecule has 3 nitrogen and oxygen atoms in total. The van der Waals surface area contributed by atoms with Crippen LogP contribution in [0.3, 0.4) is 0 Å². The maximum atomic E-state index is 8.61. The molecule has 0 heterocycles. The minimum absolute atomic E-state index is 0.170. The van der Waals surface area contributed by atoms with Gasteiger partial charge in [-0.25, -0.2) is 0 Å². The lowest BCUT2D eigenvalue weighted by atomic mass is 10.0. The highest BCUT2D eigenvalue weighted by molar-refractivity contribution is 6.74. The van der Waals surface area contributed by atoms with Gasteiger partial charge < -0.3 is 9.63 Å². The van der Waals surface area contributed by atoms with Crippen molar-refractivity contribution >= 4 is 26.1 Å². The van der Waals surface area contributed by atoms with E-state index in [4.69, 9.17) is 21.2 Å². The topological polar surface area (TPSA) is 41.8 Å². The monoisotopic (exact) mass is 361 g/mol. The summed E-state index contributed by atoms with van der Waals surface area (Å²) in [7, 11) is -1.83. The van der Waals surface area contributed by atoms with Gasteiger partial charge in [0, 0.05) is 5.56 Å². The second-order valence-electron chi connectivity index (χ2n) is 7.37. The lowest BCUT2D eigenvalue weighted by molar-refractivity contribution is 0.322. The third-order valence-electron chi connectivity index (χ3n) is 4.56. The predicted octanol–water partition coefficient (Wildman–Crippen LogP) is 6.20. The van der Waals surface area contributed by atoms with Gasteiger partial charge in [0.25, 0.3) is 0 Å². The molecule has 24 heavy (non-hydrogen) atoms. The molecular weight excluding hydrogens is 338 g/mol. The van der Waals surface area contributed by atoms with Crippen LogP contribution in [-0.4, -0.2) is 19.7 Å². The molecule has 0 aliphatic rings. The van der Waals surface area contributed by atoms with Crippen LogP contribution in [0.25, 0.3) is 11.1 Å². The first-order valence-corrected chi connectivity index (χ1v) is 11.2. The molecule has 0 radical (unpaired) electrons. The minimum atomic E-state index is -1.83. The molecule has 0 saturated carbocycles. The highest BCUT2D eigenvalue weighted by atomic mass is 35.5. The molecule has 2 aromatic rings. The van der Waals surface area contributed by atoms with Crippen molar-refractivity contribution in [2.75, 3.05) is 0 Å². The smallest absolute Gasteiger partial charge is 0.250 e. The summed E-state index contributed by atoms with van der Waals surface area (Å²) in [6.45, 7) is 11.2. The van der Waals surface area contributed by atoms with Crippen molar-refractivity contribution in [1.82, 2.24) is 0 Å². The summed E-state index contributed by atoms with van der Waals surface area (Å²) < 4.78 is 6.30. The Labute approximate surface area is 150 Å². The van der Waals surface area contributed by atoms with E-state index in [2.05, 4.69) is 39.0 Å². The second-order valence-corrected chi connectivity index (χ2v) is 12.5. The highest BCUT2D eigenvalue weighted by Gasteiger charge is 2.38. The molecule has 0 spiro atoms. The first-order valence-electron chi connectivity index (χ1n) is 7.90. The van der Waals surface area contributed by atoms with Crippen molar-refractivity contribution in [3.8, 4) is 16.9 Å². The largest absolute Gasteiger partial charge is 0.544 e. The van der Waals surface area contributed by atoms with E-state index < -0.39 is 8.32 Å². The maximum Gasteiger partial charge on any atom is 0.250 e. The van der Waals surface area contributed by atoms with E-state index in [1.54, 1.807) is 0 Å². The van der Waals surface area contributed by atoms with E-state index in [1.807, 2.05) is 42.5 Å². The third-order valence-corrected chi connectivity index (χ3v) is 9.25. The van der Waals surface area contributed by atoms with Gasteiger partial charge in [-0.1, -0.05) is 61.8 Å². The number of rotatable bonds is 4. The fourth-order valence-electron chi connectivity index (χ4n) is 2.04. The first-order chi connectivity index (χ1) is 11.1. The van der Waals surface area contributed by atoms with Crippen LogP contribution < -0.4 is 4.43 Å². The number of oxime groups is 1. The van der Waals surface area contributed by atoms with Gasteiger partial charge in [0.1, 0.15) is 5.75 Å². The van der Waals surface area contributed by atoms with E-state index in [0.29, 0.717) is 10.6 Å². The van der Waals surface area contributed by atoms with Crippen LogP contribution in [0.5, 0.6) is 5.75 Å². The Hall–Kier alpha value is -1.78. The summed E-state index contributed by atoms with van der Waals surface area (Å²) in [4.78, 5) is 0. The fraction of sp³-hybridized carbons (Fsp3) is 0.316. The quantitative estimate of drug-likeness (QED) is 0.305. The van der Waals surface area contributed by atoms with Crippen molar-refractivity contribution < 1.29 is 9.63 Å². The van der Waals surface area contributed by atoms with Crippen LogP contribution >= 0.6 is 11.6 Å². The zero-order valence-electron chi connectivity index (χ0n) is 14.8. The third kappa shape index (κ3) is 4.19. The van der Waals surface area contributed by atoms with E-state index in [0.717, 1.165) is 16.9 Å². The van der Waals surface area contributed by atoms with Gasteiger partial charge in [-0.3, -0.25) is 0 Å². The average molecular weight is 362 g/mol. The molecule has 0 aromatic heterocycles. The maximum absolute atomic E-state index is 8.61.